The summed E-state index contributed by atoms with van der Waals surface area (Å²) in [6.45, 7) is 0. The van der Waals surface area contributed by atoms with Crippen LogP contribution in [0.3, 0.4) is 0 Å². The van der Waals surface area contributed by atoms with Crippen LogP contribution in [-0.4, -0.2) is 21.9 Å². The van der Waals surface area contributed by atoms with E-state index < -0.39 is 5.97 Å². The normalized spacial score (nSPS) is 10.6. The zero-order valence-electron chi connectivity index (χ0n) is 8.71. The van der Waals surface area contributed by atoms with Gasteiger partial charge in [0, 0.05) is 10.6 Å². The summed E-state index contributed by atoms with van der Waals surface area (Å²) < 4.78 is 0. The first-order chi connectivity index (χ1) is 8.06. The fraction of sp³-hybridized carbons (Fsp3) is 0.0833. The molecule has 88 valence electrons. The number of hydrogen-bond acceptors (Lipinski definition) is 5. The largest absolute Gasteiger partial charge is 0.549 e. The number of fused-ring (bicyclic) bond motifs is 1. The van der Waals surface area contributed by atoms with Crippen molar-refractivity contribution in [3.63, 3.8) is 0 Å². The Hall–Kier alpha value is -1.88. The number of aromatic hydroxyl groups is 2. The number of carboxylic acids is 1. The summed E-state index contributed by atoms with van der Waals surface area (Å²) in [5.74, 6) is -1.61. The molecule has 2 aromatic rings. The van der Waals surface area contributed by atoms with Gasteiger partial charge in [-0.1, -0.05) is 6.07 Å². The fourth-order valence-electron chi connectivity index (χ4n) is 1.48. The van der Waals surface area contributed by atoms with Gasteiger partial charge in [-0.3, -0.25) is 0 Å². The first-order valence-corrected chi connectivity index (χ1v) is 5.83. The average molecular weight is 249 g/mol. The van der Waals surface area contributed by atoms with Gasteiger partial charge in [0.05, 0.1) is 5.97 Å². The SMILES string of the molecule is O=C([O-])CSc1ccc2cc(O)c(O)cc2c1. The third-order valence-corrected chi connectivity index (χ3v) is 3.23. The zero-order chi connectivity index (χ0) is 12.4. The lowest BCUT2D eigenvalue weighted by Gasteiger charge is -2.05. The van der Waals surface area contributed by atoms with Crippen molar-refractivity contribution in [2.75, 3.05) is 5.75 Å². The first-order valence-electron chi connectivity index (χ1n) is 4.84. The monoisotopic (exact) mass is 249 g/mol. The van der Waals surface area contributed by atoms with Gasteiger partial charge < -0.3 is 20.1 Å². The zero-order valence-corrected chi connectivity index (χ0v) is 9.53. The van der Waals surface area contributed by atoms with Crippen LogP contribution in [0, 0.1) is 0 Å². The van der Waals surface area contributed by atoms with E-state index in [0.29, 0.717) is 0 Å². The Balaban J connectivity index is 2.36. The summed E-state index contributed by atoms with van der Waals surface area (Å²) in [5.41, 5.74) is 0. The van der Waals surface area contributed by atoms with E-state index in [4.69, 9.17) is 0 Å². The lowest BCUT2D eigenvalue weighted by molar-refractivity contribution is -0.301. The van der Waals surface area contributed by atoms with Crippen LogP contribution >= 0.6 is 11.8 Å². The number of benzene rings is 2. The Bertz CT molecular complexity index is 580. The Labute approximate surface area is 102 Å². The minimum absolute atomic E-state index is 0.116. The highest BCUT2D eigenvalue weighted by molar-refractivity contribution is 8.00. The van der Waals surface area contributed by atoms with Crippen LogP contribution in [0.15, 0.2) is 35.2 Å². The molecule has 0 atom stereocenters. The van der Waals surface area contributed by atoms with E-state index in [1.807, 2.05) is 0 Å². The molecule has 0 saturated carbocycles. The van der Waals surface area contributed by atoms with Crippen LogP contribution in [0.1, 0.15) is 0 Å². The standard InChI is InChI=1S/C12H10O4S/c13-10-4-7-1-2-9(17-6-12(15)16)3-8(7)5-11(10)14/h1-5,13-14H,6H2,(H,15,16)/p-1. The number of carbonyl (C=O) groups is 1. The molecule has 2 rings (SSSR count). The summed E-state index contributed by atoms with van der Waals surface area (Å²) in [6.07, 6.45) is 0. The predicted octanol–water partition coefficient (Wildman–Crippen LogP) is 1.09. The van der Waals surface area contributed by atoms with E-state index in [-0.39, 0.29) is 17.3 Å². The molecular weight excluding hydrogens is 240 g/mol. The second-order valence-corrected chi connectivity index (χ2v) is 4.56. The lowest BCUT2D eigenvalue weighted by atomic mass is 10.1. The van der Waals surface area contributed by atoms with Crippen molar-refractivity contribution in [3.8, 4) is 11.5 Å². The van der Waals surface area contributed by atoms with E-state index in [9.17, 15) is 20.1 Å². The number of aliphatic carboxylic acids is 1. The topological polar surface area (TPSA) is 80.6 Å². The van der Waals surface area contributed by atoms with Crippen molar-refractivity contribution in [2.45, 2.75) is 4.90 Å². The maximum Gasteiger partial charge on any atom is 0.158 e. The highest BCUT2D eigenvalue weighted by Crippen LogP contribution is 2.32. The van der Waals surface area contributed by atoms with Gasteiger partial charge in [0.15, 0.2) is 11.5 Å². The second-order valence-electron chi connectivity index (χ2n) is 3.51. The third kappa shape index (κ3) is 2.62. The Morgan fingerprint density at radius 2 is 1.76 bits per heavy atom. The summed E-state index contributed by atoms with van der Waals surface area (Å²) in [5, 5.41) is 30.5. The number of carboxylic acid groups (broad SMARTS) is 1. The van der Waals surface area contributed by atoms with E-state index >= 15 is 0 Å². The molecule has 5 heteroatoms. The van der Waals surface area contributed by atoms with Crippen molar-refractivity contribution in [2.24, 2.45) is 0 Å². The Kier molecular flexibility index (Phi) is 3.10. The molecule has 0 aliphatic rings. The number of phenolic OH excluding ortho intramolecular Hbond substituents is 2. The molecule has 4 nitrogen and oxygen atoms in total. The number of hydrogen-bond donors (Lipinski definition) is 2. The number of carbonyl (C=O) groups excluding carboxylic acids is 1. The summed E-state index contributed by atoms with van der Waals surface area (Å²) >= 11 is 1.15. The number of phenols is 2. The second kappa shape index (κ2) is 4.55. The van der Waals surface area contributed by atoms with Gasteiger partial charge in [-0.05, 0) is 35.0 Å². The van der Waals surface area contributed by atoms with Crippen molar-refractivity contribution < 1.29 is 20.1 Å². The summed E-state index contributed by atoms with van der Waals surface area (Å²) in [4.78, 5) is 11.1. The van der Waals surface area contributed by atoms with Crippen LogP contribution in [0.5, 0.6) is 11.5 Å². The first kappa shape index (κ1) is 11.6. The van der Waals surface area contributed by atoms with Gasteiger partial charge in [-0.15, -0.1) is 11.8 Å². The molecule has 17 heavy (non-hydrogen) atoms. The average Bonchev–Trinajstić information content (AvgIpc) is 2.28. The van der Waals surface area contributed by atoms with Crippen LogP contribution < -0.4 is 5.11 Å². The molecule has 0 spiro atoms. The highest BCUT2D eigenvalue weighted by atomic mass is 32.2. The van der Waals surface area contributed by atoms with Crippen molar-refractivity contribution in [3.05, 3.63) is 30.3 Å². The lowest BCUT2D eigenvalue weighted by Crippen LogP contribution is -2.24. The molecule has 0 heterocycles. The molecule has 0 saturated heterocycles. The van der Waals surface area contributed by atoms with E-state index in [2.05, 4.69) is 0 Å². The quantitative estimate of drug-likeness (QED) is 0.628. The third-order valence-electron chi connectivity index (χ3n) is 2.26. The van der Waals surface area contributed by atoms with Crippen LogP contribution in [0.4, 0.5) is 0 Å². The smallest absolute Gasteiger partial charge is 0.158 e. The van der Waals surface area contributed by atoms with Crippen molar-refractivity contribution in [1.82, 2.24) is 0 Å². The molecule has 0 unspecified atom stereocenters. The molecule has 0 aliphatic heterocycles. The van der Waals surface area contributed by atoms with E-state index in [1.54, 1.807) is 18.2 Å². The molecule has 0 fully saturated rings. The van der Waals surface area contributed by atoms with E-state index in [1.165, 1.54) is 12.1 Å². The van der Waals surface area contributed by atoms with Crippen molar-refractivity contribution >= 4 is 28.5 Å². The highest BCUT2D eigenvalue weighted by Gasteiger charge is 2.03. The summed E-state index contributed by atoms with van der Waals surface area (Å²) in [6, 6.07) is 8.16. The predicted molar refractivity (Wildman–Crippen MR) is 63.0 cm³/mol. The Morgan fingerprint density at radius 1 is 1.12 bits per heavy atom. The van der Waals surface area contributed by atoms with Gasteiger partial charge in [0.1, 0.15) is 0 Å². The molecule has 2 N–H and O–H groups in total. The maximum atomic E-state index is 10.3. The van der Waals surface area contributed by atoms with Crippen LogP contribution in [-0.2, 0) is 4.79 Å². The van der Waals surface area contributed by atoms with Gasteiger partial charge in [-0.25, -0.2) is 0 Å². The molecule has 0 amide bonds. The number of thioether (sulfide) groups is 1. The van der Waals surface area contributed by atoms with Crippen molar-refractivity contribution in [1.29, 1.82) is 0 Å². The number of rotatable bonds is 3. The molecule has 2 aromatic carbocycles. The molecule has 0 bridgehead atoms. The van der Waals surface area contributed by atoms with Crippen LogP contribution in [0.2, 0.25) is 0 Å². The minimum Gasteiger partial charge on any atom is -0.549 e. The van der Waals surface area contributed by atoms with Gasteiger partial charge in [0.2, 0.25) is 0 Å². The molecular formula is C12H9O4S-. The molecule has 0 aromatic heterocycles. The molecule has 0 aliphatic carbocycles. The van der Waals surface area contributed by atoms with Gasteiger partial charge in [-0.2, -0.15) is 0 Å². The molecule has 0 radical (unpaired) electrons. The fourth-order valence-corrected chi connectivity index (χ4v) is 2.14. The summed E-state index contributed by atoms with van der Waals surface area (Å²) in [7, 11) is 0. The van der Waals surface area contributed by atoms with E-state index in [0.717, 1.165) is 27.4 Å². The van der Waals surface area contributed by atoms with Crippen LogP contribution in [0.25, 0.3) is 10.8 Å². The minimum atomic E-state index is -1.12. The van der Waals surface area contributed by atoms with Gasteiger partial charge in [0.25, 0.3) is 0 Å². The Morgan fingerprint density at radius 3 is 2.41 bits per heavy atom. The van der Waals surface area contributed by atoms with Gasteiger partial charge >= 0.3 is 0 Å². The maximum absolute atomic E-state index is 10.3.